The molecule has 1 saturated carbocycles. The third kappa shape index (κ3) is 4.52. The molecule has 0 saturated heterocycles. The molecule has 0 unspecified atom stereocenters. The highest BCUT2D eigenvalue weighted by atomic mass is 16.6. The summed E-state index contributed by atoms with van der Waals surface area (Å²) in [5.41, 5.74) is 3.64. The standard InChI is InChI=1S/C13H17N5O6/c19-10-4-1-8(2-5-10)14-13(20)16-15-11-6-3-9(17(21)22)7-12(11)18(23)24/h3,6-8,10,15,19H,1-2,4-5H2,(H2,14,16,20). The van der Waals surface area contributed by atoms with E-state index in [4.69, 9.17) is 0 Å². The zero-order valence-electron chi connectivity index (χ0n) is 12.6. The minimum absolute atomic E-state index is 0.0696. The molecule has 1 aromatic carbocycles. The second-order valence-electron chi connectivity index (χ2n) is 5.44. The molecular weight excluding hydrogens is 322 g/mol. The van der Waals surface area contributed by atoms with Crippen molar-refractivity contribution < 1.29 is 19.7 Å². The molecular formula is C13H17N5O6. The van der Waals surface area contributed by atoms with Gasteiger partial charge in [-0.2, -0.15) is 0 Å². The first-order valence-corrected chi connectivity index (χ1v) is 7.30. The Morgan fingerprint density at radius 3 is 2.38 bits per heavy atom. The van der Waals surface area contributed by atoms with Gasteiger partial charge in [-0.05, 0) is 31.7 Å². The predicted octanol–water partition coefficient (Wildman–Crippen LogP) is 1.43. The van der Waals surface area contributed by atoms with Crippen molar-refractivity contribution in [3.8, 4) is 0 Å². The van der Waals surface area contributed by atoms with Gasteiger partial charge in [0, 0.05) is 12.1 Å². The van der Waals surface area contributed by atoms with E-state index < -0.39 is 27.3 Å². The Kier molecular flexibility index (Phi) is 5.47. The highest BCUT2D eigenvalue weighted by Crippen LogP contribution is 2.28. The zero-order valence-corrected chi connectivity index (χ0v) is 12.6. The van der Waals surface area contributed by atoms with Crippen LogP contribution in [0, 0.1) is 20.2 Å². The lowest BCUT2D eigenvalue weighted by Crippen LogP contribution is -2.46. The van der Waals surface area contributed by atoms with E-state index in [1.54, 1.807) is 0 Å². The summed E-state index contributed by atoms with van der Waals surface area (Å²) in [6.45, 7) is 0. The van der Waals surface area contributed by atoms with Crippen LogP contribution < -0.4 is 16.2 Å². The Morgan fingerprint density at radius 1 is 1.12 bits per heavy atom. The average molecular weight is 339 g/mol. The molecule has 11 nitrogen and oxygen atoms in total. The Bertz CT molecular complexity index is 644. The third-order valence-corrected chi connectivity index (χ3v) is 3.73. The Labute approximate surface area is 136 Å². The number of carbonyl (C=O) groups excluding carboxylic acids is 1. The van der Waals surface area contributed by atoms with Crippen molar-refractivity contribution in [2.75, 3.05) is 5.43 Å². The van der Waals surface area contributed by atoms with Crippen LogP contribution in [0.5, 0.6) is 0 Å². The molecule has 2 rings (SSSR count). The largest absolute Gasteiger partial charge is 0.393 e. The number of nitrogens with one attached hydrogen (secondary N) is 3. The Hall–Kier alpha value is -2.95. The fraction of sp³-hybridized carbons (Fsp3) is 0.462. The van der Waals surface area contributed by atoms with E-state index in [1.807, 2.05) is 0 Å². The first-order valence-electron chi connectivity index (χ1n) is 7.30. The number of aliphatic hydroxyl groups excluding tert-OH is 1. The zero-order chi connectivity index (χ0) is 17.7. The number of nitro groups is 2. The van der Waals surface area contributed by atoms with Crippen molar-refractivity contribution in [1.82, 2.24) is 10.7 Å². The molecule has 0 aliphatic heterocycles. The van der Waals surface area contributed by atoms with E-state index in [-0.39, 0.29) is 17.8 Å². The van der Waals surface area contributed by atoms with Crippen molar-refractivity contribution >= 4 is 23.1 Å². The van der Waals surface area contributed by atoms with E-state index in [0.29, 0.717) is 25.7 Å². The quantitative estimate of drug-likeness (QED) is 0.466. The average Bonchev–Trinajstić information content (AvgIpc) is 2.54. The molecule has 1 aromatic rings. The van der Waals surface area contributed by atoms with Crippen LogP contribution >= 0.6 is 0 Å². The summed E-state index contributed by atoms with van der Waals surface area (Å²) in [5, 5.41) is 33.7. The van der Waals surface area contributed by atoms with E-state index in [1.165, 1.54) is 0 Å². The summed E-state index contributed by atoms with van der Waals surface area (Å²) in [4.78, 5) is 31.9. The van der Waals surface area contributed by atoms with Gasteiger partial charge in [-0.15, -0.1) is 0 Å². The predicted molar refractivity (Wildman–Crippen MR) is 83.3 cm³/mol. The first kappa shape index (κ1) is 17.4. The normalized spacial score (nSPS) is 20.0. The highest BCUT2D eigenvalue weighted by molar-refractivity contribution is 5.77. The summed E-state index contributed by atoms with van der Waals surface area (Å²) in [6.07, 6.45) is 2.16. The summed E-state index contributed by atoms with van der Waals surface area (Å²) < 4.78 is 0. The number of amides is 2. The number of anilines is 1. The van der Waals surface area contributed by atoms with Crippen molar-refractivity contribution in [1.29, 1.82) is 0 Å². The molecule has 1 aliphatic carbocycles. The number of hydrogen-bond acceptors (Lipinski definition) is 7. The summed E-state index contributed by atoms with van der Waals surface area (Å²) in [5.74, 6) is 0. The molecule has 130 valence electrons. The molecule has 0 aromatic heterocycles. The van der Waals surface area contributed by atoms with Crippen LogP contribution in [0.1, 0.15) is 25.7 Å². The Morgan fingerprint density at radius 2 is 1.79 bits per heavy atom. The molecule has 2 amide bonds. The number of urea groups is 1. The first-order chi connectivity index (χ1) is 11.4. The van der Waals surface area contributed by atoms with Crippen LogP contribution in [-0.2, 0) is 0 Å². The summed E-state index contributed by atoms with van der Waals surface area (Å²) in [7, 11) is 0. The molecule has 0 bridgehead atoms. The number of hydrogen-bond donors (Lipinski definition) is 4. The molecule has 11 heteroatoms. The topological polar surface area (TPSA) is 160 Å². The van der Waals surface area contributed by atoms with Gasteiger partial charge in [-0.25, -0.2) is 4.79 Å². The lowest BCUT2D eigenvalue weighted by Gasteiger charge is -2.26. The number of carbonyl (C=O) groups is 1. The van der Waals surface area contributed by atoms with Gasteiger partial charge in [0.25, 0.3) is 5.69 Å². The van der Waals surface area contributed by atoms with Gasteiger partial charge < -0.3 is 10.4 Å². The molecule has 0 atom stereocenters. The van der Waals surface area contributed by atoms with E-state index in [9.17, 15) is 30.1 Å². The van der Waals surface area contributed by atoms with Crippen molar-refractivity contribution in [2.45, 2.75) is 37.8 Å². The number of rotatable bonds is 5. The van der Waals surface area contributed by atoms with Crippen molar-refractivity contribution in [2.24, 2.45) is 0 Å². The van der Waals surface area contributed by atoms with Gasteiger partial charge in [0.1, 0.15) is 5.69 Å². The number of hydrazine groups is 1. The number of nitro benzene ring substituents is 2. The minimum Gasteiger partial charge on any atom is -0.393 e. The van der Waals surface area contributed by atoms with Gasteiger partial charge in [-0.3, -0.25) is 31.1 Å². The fourth-order valence-corrected chi connectivity index (χ4v) is 2.46. The number of non-ortho nitro benzene ring substituents is 1. The maximum Gasteiger partial charge on any atom is 0.333 e. The minimum atomic E-state index is -0.780. The van der Waals surface area contributed by atoms with Gasteiger partial charge in [0.15, 0.2) is 0 Å². The van der Waals surface area contributed by atoms with Crippen LogP contribution in [0.25, 0.3) is 0 Å². The maximum absolute atomic E-state index is 11.8. The van der Waals surface area contributed by atoms with Crippen LogP contribution in [0.4, 0.5) is 21.9 Å². The van der Waals surface area contributed by atoms with Crippen LogP contribution in [0.3, 0.4) is 0 Å². The molecule has 4 N–H and O–H groups in total. The molecule has 24 heavy (non-hydrogen) atoms. The SMILES string of the molecule is O=C(NNc1ccc([N+](=O)[O-])cc1[N+](=O)[O-])NC1CCC(O)CC1. The smallest absolute Gasteiger partial charge is 0.333 e. The lowest BCUT2D eigenvalue weighted by atomic mass is 9.93. The summed E-state index contributed by atoms with van der Waals surface area (Å²) >= 11 is 0. The molecule has 0 radical (unpaired) electrons. The second kappa shape index (κ2) is 7.55. The highest BCUT2D eigenvalue weighted by Gasteiger charge is 2.22. The number of nitrogens with zero attached hydrogens (tertiary/aromatic N) is 2. The van der Waals surface area contributed by atoms with Gasteiger partial charge in [0.2, 0.25) is 0 Å². The molecule has 1 aliphatic rings. The van der Waals surface area contributed by atoms with Crippen LogP contribution in [0.2, 0.25) is 0 Å². The van der Waals surface area contributed by atoms with Gasteiger partial charge >= 0.3 is 11.7 Å². The molecule has 1 fully saturated rings. The monoisotopic (exact) mass is 339 g/mol. The third-order valence-electron chi connectivity index (χ3n) is 3.73. The van der Waals surface area contributed by atoms with Crippen molar-refractivity contribution in [3.05, 3.63) is 38.4 Å². The fourth-order valence-electron chi connectivity index (χ4n) is 2.46. The van der Waals surface area contributed by atoms with E-state index in [0.717, 1.165) is 18.2 Å². The van der Waals surface area contributed by atoms with Crippen LogP contribution in [-0.4, -0.2) is 33.1 Å². The van der Waals surface area contributed by atoms with E-state index in [2.05, 4.69) is 16.2 Å². The molecule has 0 heterocycles. The van der Waals surface area contributed by atoms with Crippen molar-refractivity contribution in [3.63, 3.8) is 0 Å². The molecule has 0 spiro atoms. The number of aliphatic hydroxyl groups is 1. The summed E-state index contributed by atoms with van der Waals surface area (Å²) in [6, 6.07) is 2.39. The van der Waals surface area contributed by atoms with E-state index >= 15 is 0 Å². The number of benzene rings is 1. The van der Waals surface area contributed by atoms with Crippen LogP contribution in [0.15, 0.2) is 18.2 Å². The second-order valence-corrected chi connectivity index (χ2v) is 5.44. The van der Waals surface area contributed by atoms with Gasteiger partial charge in [0.05, 0.1) is 22.0 Å². The lowest BCUT2D eigenvalue weighted by molar-refractivity contribution is -0.393. The maximum atomic E-state index is 11.8. The van der Waals surface area contributed by atoms with Gasteiger partial charge in [-0.1, -0.05) is 0 Å². The Balaban J connectivity index is 1.94.